The molecule has 1 aliphatic heterocycles. The Kier molecular flexibility index (Phi) is 6.33. The smallest absolute Gasteiger partial charge is 0.100 e. The molecule has 2 fully saturated rings. The van der Waals surface area contributed by atoms with E-state index in [-0.39, 0.29) is 12.0 Å². The number of aliphatic hydroxyl groups excluding tert-OH is 1. The number of hydrogen-bond acceptors (Lipinski definition) is 6. The number of methoxy groups -OCH3 is 1. The number of epoxide rings is 1. The average molecular weight is 394 g/mol. The fourth-order valence-electron chi connectivity index (χ4n) is 4.37. The maximum atomic E-state index is 11.7. The Morgan fingerprint density at radius 2 is 2.11 bits per heavy atom. The van der Waals surface area contributed by atoms with Crippen molar-refractivity contribution in [2.24, 2.45) is 5.92 Å². The third kappa shape index (κ3) is 4.40. The SMILES string of the molecule is COC1C(O)CCC(O)(CSc2ccncc2)C1C1(C)OC1CC=C(C)C. The van der Waals surface area contributed by atoms with Gasteiger partial charge in [0.2, 0.25) is 0 Å². The molecule has 2 aliphatic rings. The number of allylic oxidation sites excluding steroid dienone is 1. The lowest BCUT2D eigenvalue weighted by molar-refractivity contribution is -0.169. The Morgan fingerprint density at radius 1 is 1.41 bits per heavy atom. The molecule has 5 nitrogen and oxygen atoms in total. The van der Waals surface area contributed by atoms with Crippen molar-refractivity contribution in [2.75, 3.05) is 12.9 Å². The summed E-state index contributed by atoms with van der Waals surface area (Å²) in [4.78, 5) is 5.12. The normalized spacial score (nSPS) is 38.4. The van der Waals surface area contributed by atoms with Gasteiger partial charge in [0.25, 0.3) is 0 Å². The van der Waals surface area contributed by atoms with Crippen LogP contribution in [-0.4, -0.2) is 57.6 Å². The zero-order valence-electron chi connectivity index (χ0n) is 16.6. The molecule has 0 radical (unpaired) electrons. The Morgan fingerprint density at radius 3 is 2.74 bits per heavy atom. The van der Waals surface area contributed by atoms with Crippen molar-refractivity contribution in [3.8, 4) is 0 Å². The van der Waals surface area contributed by atoms with Gasteiger partial charge in [0.15, 0.2) is 0 Å². The van der Waals surface area contributed by atoms with Gasteiger partial charge in [-0.25, -0.2) is 0 Å². The molecule has 3 rings (SSSR count). The fraction of sp³-hybridized carbons (Fsp3) is 0.667. The second-order valence-electron chi connectivity index (χ2n) is 8.17. The van der Waals surface area contributed by atoms with Crippen LogP contribution in [0.25, 0.3) is 0 Å². The van der Waals surface area contributed by atoms with E-state index < -0.39 is 23.4 Å². The van der Waals surface area contributed by atoms with Crippen LogP contribution in [0.4, 0.5) is 0 Å². The summed E-state index contributed by atoms with van der Waals surface area (Å²) in [5, 5.41) is 22.2. The molecule has 6 atom stereocenters. The van der Waals surface area contributed by atoms with Gasteiger partial charge < -0.3 is 19.7 Å². The van der Waals surface area contributed by atoms with Crippen molar-refractivity contribution in [1.29, 1.82) is 0 Å². The third-order valence-electron chi connectivity index (χ3n) is 5.91. The molecular weight excluding hydrogens is 362 g/mol. The molecule has 150 valence electrons. The molecule has 1 saturated carbocycles. The molecule has 0 bridgehead atoms. The van der Waals surface area contributed by atoms with Crippen LogP contribution in [0.3, 0.4) is 0 Å². The standard InChI is InChI=1S/C21H31NO4S/c1-14(2)5-6-17-20(3,26-17)19-18(25-4)16(23)7-10-21(19,24)13-27-15-8-11-22-12-9-15/h5,8-9,11-12,16-19,23-24H,6-7,10,13H2,1-4H3. The van der Waals surface area contributed by atoms with Crippen LogP contribution in [0.5, 0.6) is 0 Å². The first-order valence-electron chi connectivity index (χ1n) is 9.57. The lowest BCUT2D eigenvalue weighted by atomic mass is 9.66. The topological polar surface area (TPSA) is 75.1 Å². The minimum atomic E-state index is -0.970. The van der Waals surface area contributed by atoms with E-state index in [0.29, 0.717) is 18.6 Å². The van der Waals surface area contributed by atoms with E-state index in [1.165, 1.54) is 5.57 Å². The van der Waals surface area contributed by atoms with Gasteiger partial charge in [-0.15, -0.1) is 11.8 Å². The van der Waals surface area contributed by atoms with Gasteiger partial charge in [0.05, 0.1) is 23.9 Å². The highest BCUT2D eigenvalue weighted by Crippen LogP contribution is 2.55. The van der Waals surface area contributed by atoms with Crippen LogP contribution in [0.1, 0.15) is 40.0 Å². The predicted molar refractivity (Wildman–Crippen MR) is 107 cm³/mol. The molecule has 27 heavy (non-hydrogen) atoms. The van der Waals surface area contributed by atoms with E-state index in [1.54, 1.807) is 31.3 Å². The fourth-order valence-corrected chi connectivity index (χ4v) is 5.43. The third-order valence-corrected chi connectivity index (χ3v) is 7.16. The van der Waals surface area contributed by atoms with E-state index in [0.717, 1.165) is 11.3 Å². The zero-order chi connectivity index (χ0) is 19.7. The van der Waals surface area contributed by atoms with E-state index in [4.69, 9.17) is 9.47 Å². The van der Waals surface area contributed by atoms with Gasteiger partial charge in [-0.3, -0.25) is 4.98 Å². The summed E-state index contributed by atoms with van der Waals surface area (Å²) in [6.45, 7) is 6.20. The number of hydrogen-bond donors (Lipinski definition) is 2. The van der Waals surface area contributed by atoms with Gasteiger partial charge in [-0.1, -0.05) is 11.6 Å². The van der Waals surface area contributed by atoms with Gasteiger partial charge in [-0.05, 0) is 52.2 Å². The summed E-state index contributed by atoms with van der Waals surface area (Å²) >= 11 is 1.61. The van der Waals surface area contributed by atoms with Crippen LogP contribution in [0.2, 0.25) is 0 Å². The van der Waals surface area contributed by atoms with Crippen LogP contribution in [0, 0.1) is 5.92 Å². The van der Waals surface area contributed by atoms with Crippen LogP contribution in [-0.2, 0) is 9.47 Å². The van der Waals surface area contributed by atoms with Crippen molar-refractivity contribution < 1.29 is 19.7 Å². The Labute approximate surface area is 166 Å². The van der Waals surface area contributed by atoms with Crippen molar-refractivity contribution in [3.63, 3.8) is 0 Å². The largest absolute Gasteiger partial charge is 0.390 e. The van der Waals surface area contributed by atoms with Crippen molar-refractivity contribution in [2.45, 2.75) is 74.4 Å². The maximum Gasteiger partial charge on any atom is 0.100 e. The van der Waals surface area contributed by atoms with Crippen molar-refractivity contribution in [3.05, 3.63) is 36.2 Å². The number of rotatable bonds is 7. The van der Waals surface area contributed by atoms with E-state index in [2.05, 4.69) is 24.9 Å². The Bertz CT molecular complexity index is 665. The zero-order valence-corrected chi connectivity index (χ0v) is 17.4. The molecule has 2 heterocycles. The average Bonchev–Trinajstić information content (AvgIpc) is 3.32. The first kappa shape index (κ1) is 20.8. The summed E-state index contributed by atoms with van der Waals surface area (Å²) in [7, 11) is 1.61. The van der Waals surface area contributed by atoms with Gasteiger partial charge in [-0.2, -0.15) is 0 Å². The first-order chi connectivity index (χ1) is 12.8. The molecule has 1 aromatic rings. The van der Waals surface area contributed by atoms with Crippen molar-refractivity contribution >= 4 is 11.8 Å². The van der Waals surface area contributed by atoms with Gasteiger partial charge in [0, 0.05) is 36.1 Å². The number of nitrogens with zero attached hydrogens (tertiary/aromatic N) is 1. The van der Waals surface area contributed by atoms with E-state index in [9.17, 15) is 10.2 Å². The molecule has 2 N–H and O–H groups in total. The Hall–Kier alpha value is -0.920. The molecule has 1 aromatic heterocycles. The molecule has 6 heteroatoms. The molecule has 1 aliphatic carbocycles. The quantitative estimate of drug-likeness (QED) is 0.421. The number of thioether (sulfide) groups is 1. The summed E-state index contributed by atoms with van der Waals surface area (Å²) in [5.74, 6) is 0.242. The molecule has 0 aromatic carbocycles. The second kappa shape index (κ2) is 8.21. The molecular formula is C21H31NO4S. The molecule has 0 amide bonds. The number of aromatic nitrogens is 1. The number of ether oxygens (including phenoxy) is 2. The van der Waals surface area contributed by atoms with Crippen molar-refractivity contribution in [1.82, 2.24) is 4.98 Å². The maximum absolute atomic E-state index is 11.7. The van der Waals surface area contributed by atoms with Crippen LogP contribution < -0.4 is 0 Å². The van der Waals surface area contributed by atoms with Crippen LogP contribution >= 0.6 is 11.8 Å². The summed E-state index contributed by atoms with van der Waals surface area (Å²) in [5.41, 5.74) is -0.215. The minimum absolute atomic E-state index is 0.0396. The first-order valence-corrected chi connectivity index (χ1v) is 10.6. The monoisotopic (exact) mass is 393 g/mol. The number of pyridine rings is 1. The van der Waals surface area contributed by atoms with E-state index >= 15 is 0 Å². The molecule has 6 unspecified atom stereocenters. The van der Waals surface area contributed by atoms with Gasteiger partial charge >= 0.3 is 0 Å². The summed E-state index contributed by atoms with van der Waals surface area (Å²) in [6, 6.07) is 3.89. The van der Waals surface area contributed by atoms with E-state index in [1.807, 2.05) is 19.1 Å². The Balaban J connectivity index is 1.81. The lowest BCUT2D eigenvalue weighted by Crippen LogP contribution is -2.60. The lowest BCUT2D eigenvalue weighted by Gasteiger charge is -2.48. The summed E-state index contributed by atoms with van der Waals surface area (Å²) < 4.78 is 11.8. The summed E-state index contributed by atoms with van der Waals surface area (Å²) in [6.07, 6.45) is 6.57. The molecule has 0 spiro atoms. The second-order valence-corrected chi connectivity index (χ2v) is 9.22. The molecule has 1 saturated heterocycles. The predicted octanol–water partition coefficient (Wildman–Crippen LogP) is 3.20. The van der Waals surface area contributed by atoms with Gasteiger partial charge in [0.1, 0.15) is 5.60 Å². The highest BCUT2D eigenvalue weighted by Gasteiger charge is 2.67. The highest BCUT2D eigenvalue weighted by molar-refractivity contribution is 7.99. The van der Waals surface area contributed by atoms with Crippen LogP contribution in [0.15, 0.2) is 41.1 Å². The minimum Gasteiger partial charge on any atom is -0.390 e. The highest BCUT2D eigenvalue weighted by atomic mass is 32.2. The number of aliphatic hydroxyl groups is 2.